The summed E-state index contributed by atoms with van der Waals surface area (Å²) in [6, 6.07) is 3.71. The summed E-state index contributed by atoms with van der Waals surface area (Å²) in [7, 11) is 0. The van der Waals surface area contributed by atoms with E-state index < -0.39 is 0 Å². The third kappa shape index (κ3) is 2.86. The molecule has 0 aromatic carbocycles. The summed E-state index contributed by atoms with van der Waals surface area (Å²) in [6.45, 7) is 5.90. The number of terminal acetylenes is 1. The third-order valence-corrected chi connectivity index (χ3v) is 1.16. The van der Waals surface area contributed by atoms with Gasteiger partial charge in [0.2, 0.25) is 0 Å². The largest absolute Gasteiger partial charge is 0.260 e. The Morgan fingerprint density at radius 3 is 2.45 bits per heavy atom. The zero-order valence-electron chi connectivity index (χ0n) is 7.26. The van der Waals surface area contributed by atoms with E-state index in [1.807, 2.05) is 32.9 Å². The van der Waals surface area contributed by atoms with Gasteiger partial charge in [0.25, 0.3) is 0 Å². The van der Waals surface area contributed by atoms with Crippen LogP contribution in [0.1, 0.15) is 25.1 Å². The van der Waals surface area contributed by atoms with Crippen LogP contribution in [0.3, 0.4) is 0 Å². The van der Waals surface area contributed by atoms with Crippen LogP contribution in [0.2, 0.25) is 0 Å². The topological polar surface area (TPSA) is 12.9 Å². The van der Waals surface area contributed by atoms with Crippen molar-refractivity contribution in [3.8, 4) is 12.3 Å². The van der Waals surface area contributed by atoms with Crippen LogP contribution in [-0.4, -0.2) is 4.98 Å². The van der Waals surface area contributed by atoms with E-state index >= 15 is 0 Å². The molecule has 0 radical (unpaired) electrons. The molecule has 11 heavy (non-hydrogen) atoms. The highest BCUT2D eigenvalue weighted by Crippen LogP contribution is 1.99. The van der Waals surface area contributed by atoms with Crippen molar-refractivity contribution < 1.29 is 0 Å². The van der Waals surface area contributed by atoms with Gasteiger partial charge in [0.15, 0.2) is 0 Å². The van der Waals surface area contributed by atoms with Gasteiger partial charge in [0.05, 0.1) is 5.69 Å². The average Bonchev–Trinajstić information content (AvgIpc) is 2.09. The van der Waals surface area contributed by atoms with Crippen LogP contribution in [-0.2, 0) is 0 Å². The third-order valence-electron chi connectivity index (χ3n) is 1.16. The zero-order chi connectivity index (χ0) is 8.69. The normalized spacial score (nSPS) is 7.45. The molecular formula is C10H13N. The molecule has 0 atom stereocenters. The molecule has 0 saturated heterocycles. The Bertz CT molecular complexity index is 245. The fourth-order valence-electron chi connectivity index (χ4n) is 0.637. The fraction of sp³-hybridized carbons (Fsp3) is 0.300. The van der Waals surface area contributed by atoms with Gasteiger partial charge in [0.1, 0.15) is 0 Å². The molecule has 1 nitrogen and oxygen atoms in total. The van der Waals surface area contributed by atoms with E-state index in [9.17, 15) is 0 Å². The minimum Gasteiger partial charge on any atom is -0.260 e. The summed E-state index contributed by atoms with van der Waals surface area (Å²) in [4.78, 5) is 4.01. The molecule has 0 saturated carbocycles. The highest BCUT2D eigenvalue weighted by atomic mass is 14.7. The van der Waals surface area contributed by atoms with Crippen molar-refractivity contribution >= 4 is 0 Å². The van der Waals surface area contributed by atoms with E-state index in [-0.39, 0.29) is 0 Å². The monoisotopic (exact) mass is 147 g/mol. The Balaban J connectivity index is 0.000000461. The van der Waals surface area contributed by atoms with Crippen molar-refractivity contribution in [3.63, 3.8) is 0 Å². The molecule has 0 spiro atoms. The Hall–Kier alpha value is -1.29. The summed E-state index contributed by atoms with van der Waals surface area (Å²) < 4.78 is 0. The van der Waals surface area contributed by atoms with Crippen LogP contribution in [0.4, 0.5) is 0 Å². The lowest BCUT2D eigenvalue weighted by molar-refractivity contribution is 1.19. The molecule has 58 valence electrons. The van der Waals surface area contributed by atoms with Gasteiger partial charge in [-0.05, 0) is 19.1 Å². The van der Waals surface area contributed by atoms with E-state index in [1.54, 1.807) is 6.20 Å². The molecule has 1 aromatic rings. The minimum absolute atomic E-state index is 0.873. The molecule has 0 unspecified atom stereocenters. The van der Waals surface area contributed by atoms with E-state index in [1.165, 1.54) is 0 Å². The average molecular weight is 147 g/mol. The van der Waals surface area contributed by atoms with Gasteiger partial charge in [0, 0.05) is 11.8 Å². The standard InChI is InChI=1S/C8H7N.C2H6/c1-3-8-5-4-6-9-7(8)2;1-2/h1,4-6H,2H3;1-2H3. The van der Waals surface area contributed by atoms with Gasteiger partial charge < -0.3 is 0 Å². The summed E-state index contributed by atoms with van der Waals surface area (Å²) in [5.41, 5.74) is 1.79. The maximum absolute atomic E-state index is 5.16. The summed E-state index contributed by atoms with van der Waals surface area (Å²) >= 11 is 0. The number of aromatic nitrogens is 1. The van der Waals surface area contributed by atoms with Crippen molar-refractivity contribution in [2.75, 3.05) is 0 Å². The fourth-order valence-corrected chi connectivity index (χ4v) is 0.637. The molecule has 0 aliphatic rings. The first-order chi connectivity index (χ1) is 5.34. The molecule has 0 N–H and O–H groups in total. The van der Waals surface area contributed by atoms with E-state index in [0.717, 1.165) is 11.3 Å². The first kappa shape index (κ1) is 9.71. The Morgan fingerprint density at radius 1 is 1.45 bits per heavy atom. The van der Waals surface area contributed by atoms with Crippen LogP contribution in [0, 0.1) is 19.3 Å². The van der Waals surface area contributed by atoms with Crippen molar-refractivity contribution in [1.82, 2.24) is 4.98 Å². The second-order valence-corrected chi connectivity index (χ2v) is 1.78. The maximum Gasteiger partial charge on any atom is 0.0528 e. The van der Waals surface area contributed by atoms with Gasteiger partial charge in [-0.1, -0.05) is 19.8 Å². The van der Waals surface area contributed by atoms with E-state index in [2.05, 4.69) is 10.9 Å². The molecule has 0 fully saturated rings. The van der Waals surface area contributed by atoms with Gasteiger partial charge in [-0.15, -0.1) is 6.42 Å². The Kier molecular flexibility index (Phi) is 4.85. The summed E-state index contributed by atoms with van der Waals surface area (Å²) in [6.07, 6.45) is 6.89. The summed E-state index contributed by atoms with van der Waals surface area (Å²) in [5.74, 6) is 2.53. The van der Waals surface area contributed by atoms with Gasteiger partial charge >= 0.3 is 0 Å². The molecule has 0 aliphatic heterocycles. The van der Waals surface area contributed by atoms with Crippen LogP contribution < -0.4 is 0 Å². The van der Waals surface area contributed by atoms with E-state index in [0.29, 0.717) is 0 Å². The molecule has 0 bridgehead atoms. The lowest BCUT2D eigenvalue weighted by atomic mass is 10.2. The quantitative estimate of drug-likeness (QED) is 0.513. The van der Waals surface area contributed by atoms with E-state index in [4.69, 9.17) is 6.42 Å². The van der Waals surface area contributed by atoms with Crippen molar-refractivity contribution in [2.24, 2.45) is 0 Å². The minimum atomic E-state index is 0.873. The lowest BCUT2D eigenvalue weighted by Gasteiger charge is -1.91. The van der Waals surface area contributed by atoms with Crippen LogP contribution in [0.25, 0.3) is 0 Å². The van der Waals surface area contributed by atoms with Crippen LogP contribution in [0.15, 0.2) is 18.3 Å². The molecule has 1 heteroatoms. The highest BCUT2D eigenvalue weighted by Gasteiger charge is 1.89. The second kappa shape index (κ2) is 5.49. The van der Waals surface area contributed by atoms with Crippen molar-refractivity contribution in [2.45, 2.75) is 20.8 Å². The number of pyridine rings is 1. The van der Waals surface area contributed by atoms with Gasteiger partial charge in [-0.25, -0.2) is 0 Å². The van der Waals surface area contributed by atoms with Crippen molar-refractivity contribution in [1.29, 1.82) is 0 Å². The molecule has 1 aromatic heterocycles. The first-order valence-electron chi connectivity index (χ1n) is 3.73. The Labute approximate surface area is 68.5 Å². The number of hydrogen-bond donors (Lipinski definition) is 0. The molecular weight excluding hydrogens is 134 g/mol. The molecule has 0 amide bonds. The molecule has 1 rings (SSSR count). The number of aryl methyl sites for hydroxylation is 1. The predicted octanol–water partition coefficient (Wildman–Crippen LogP) is 2.40. The lowest BCUT2D eigenvalue weighted by Crippen LogP contribution is -1.83. The highest BCUT2D eigenvalue weighted by molar-refractivity contribution is 5.34. The number of nitrogens with zero attached hydrogens (tertiary/aromatic N) is 1. The second-order valence-electron chi connectivity index (χ2n) is 1.78. The smallest absolute Gasteiger partial charge is 0.0528 e. The summed E-state index contributed by atoms with van der Waals surface area (Å²) in [5, 5.41) is 0. The van der Waals surface area contributed by atoms with Gasteiger partial charge in [-0.2, -0.15) is 0 Å². The maximum atomic E-state index is 5.16. The number of hydrogen-bond acceptors (Lipinski definition) is 1. The predicted molar refractivity (Wildman–Crippen MR) is 48.3 cm³/mol. The van der Waals surface area contributed by atoms with Gasteiger partial charge in [-0.3, -0.25) is 4.98 Å². The van der Waals surface area contributed by atoms with Crippen LogP contribution in [0.5, 0.6) is 0 Å². The van der Waals surface area contributed by atoms with Crippen molar-refractivity contribution in [3.05, 3.63) is 29.6 Å². The zero-order valence-corrected chi connectivity index (χ0v) is 7.26. The van der Waals surface area contributed by atoms with Crippen LogP contribution >= 0.6 is 0 Å². The SMILES string of the molecule is C#Cc1cccnc1C.CC. The Morgan fingerprint density at radius 2 is 2.09 bits per heavy atom. The molecule has 1 heterocycles. The first-order valence-corrected chi connectivity index (χ1v) is 3.73. The molecule has 0 aliphatic carbocycles. The number of rotatable bonds is 0.